The summed E-state index contributed by atoms with van der Waals surface area (Å²) in [6, 6.07) is 13.4. The van der Waals surface area contributed by atoms with Crippen molar-refractivity contribution in [2.45, 2.75) is 13.5 Å². The van der Waals surface area contributed by atoms with Crippen LogP contribution in [-0.4, -0.2) is 27.8 Å². The Morgan fingerprint density at radius 2 is 1.84 bits per heavy atom. The van der Waals surface area contributed by atoms with Gasteiger partial charge in [-0.2, -0.15) is 9.67 Å². The van der Waals surface area contributed by atoms with Crippen molar-refractivity contribution < 1.29 is 13.9 Å². The lowest BCUT2D eigenvalue weighted by atomic mass is 10.2. The van der Waals surface area contributed by atoms with E-state index in [2.05, 4.69) is 15.4 Å². The highest BCUT2D eigenvalue weighted by Crippen LogP contribution is 2.21. The van der Waals surface area contributed by atoms with Crippen LogP contribution in [0.2, 0.25) is 0 Å². The molecule has 7 heteroatoms. The molecule has 3 aromatic rings. The molecule has 6 nitrogen and oxygen atoms in total. The molecule has 0 aliphatic rings. The van der Waals surface area contributed by atoms with Crippen molar-refractivity contribution in [3.8, 4) is 17.1 Å². The van der Waals surface area contributed by atoms with Crippen LogP contribution in [0.4, 0.5) is 10.3 Å². The van der Waals surface area contributed by atoms with Gasteiger partial charge in [-0.1, -0.05) is 12.1 Å². The summed E-state index contributed by atoms with van der Waals surface area (Å²) in [5.74, 6) is 0.942. The van der Waals surface area contributed by atoms with Crippen LogP contribution in [0.25, 0.3) is 11.4 Å². The standard InChI is InChI=1S/C18H17FN4O2/c1-12(24)23-18(20-11-13-3-7-15(19)8-4-13)21-17(22-23)14-5-9-16(25-2)10-6-14/h3-10H,11H2,1-2H3,(H,20,21,22). The Bertz CT molecular complexity index is 873. The zero-order valence-electron chi connectivity index (χ0n) is 13.9. The van der Waals surface area contributed by atoms with Crippen LogP contribution in [-0.2, 0) is 6.54 Å². The smallest absolute Gasteiger partial charge is 0.246 e. The molecule has 1 N–H and O–H groups in total. The summed E-state index contributed by atoms with van der Waals surface area (Å²) in [6.45, 7) is 1.81. The second kappa shape index (κ2) is 7.12. The molecule has 0 aliphatic carbocycles. The Kier molecular flexibility index (Phi) is 4.74. The van der Waals surface area contributed by atoms with Gasteiger partial charge in [0.05, 0.1) is 7.11 Å². The van der Waals surface area contributed by atoms with Crippen molar-refractivity contribution >= 4 is 11.9 Å². The van der Waals surface area contributed by atoms with Gasteiger partial charge in [0.2, 0.25) is 11.9 Å². The number of carbonyl (C=O) groups is 1. The summed E-state index contributed by atoms with van der Waals surface area (Å²) in [5.41, 5.74) is 1.64. The summed E-state index contributed by atoms with van der Waals surface area (Å²) in [4.78, 5) is 16.2. The van der Waals surface area contributed by atoms with Gasteiger partial charge in [-0.15, -0.1) is 5.10 Å². The van der Waals surface area contributed by atoms with Gasteiger partial charge in [0.1, 0.15) is 11.6 Å². The van der Waals surface area contributed by atoms with Gasteiger partial charge in [0.15, 0.2) is 5.82 Å². The number of nitrogens with one attached hydrogen (secondary N) is 1. The van der Waals surface area contributed by atoms with Crippen molar-refractivity contribution in [2.24, 2.45) is 0 Å². The second-order valence-electron chi connectivity index (χ2n) is 5.40. The number of methoxy groups -OCH3 is 1. The first kappa shape index (κ1) is 16.6. The van der Waals surface area contributed by atoms with Crippen molar-refractivity contribution in [1.29, 1.82) is 0 Å². The van der Waals surface area contributed by atoms with E-state index in [1.807, 2.05) is 12.1 Å². The molecule has 1 heterocycles. The highest BCUT2D eigenvalue weighted by molar-refractivity contribution is 5.79. The lowest BCUT2D eigenvalue weighted by Crippen LogP contribution is -2.13. The van der Waals surface area contributed by atoms with Crippen LogP contribution in [0.15, 0.2) is 48.5 Å². The summed E-state index contributed by atoms with van der Waals surface area (Å²) in [6.07, 6.45) is 0. The monoisotopic (exact) mass is 340 g/mol. The SMILES string of the molecule is COc1ccc(-c2nc(NCc3ccc(F)cc3)n(C(C)=O)n2)cc1. The molecule has 25 heavy (non-hydrogen) atoms. The van der Waals surface area contributed by atoms with Crippen LogP contribution in [0.1, 0.15) is 17.3 Å². The van der Waals surface area contributed by atoms with E-state index in [-0.39, 0.29) is 11.7 Å². The van der Waals surface area contributed by atoms with Gasteiger partial charge < -0.3 is 10.1 Å². The number of nitrogens with zero attached hydrogens (tertiary/aromatic N) is 3. The van der Waals surface area contributed by atoms with Crippen LogP contribution in [0.5, 0.6) is 5.75 Å². The first-order chi connectivity index (χ1) is 12.1. The molecule has 0 amide bonds. The van der Waals surface area contributed by atoms with E-state index < -0.39 is 0 Å². The summed E-state index contributed by atoms with van der Waals surface area (Å²) >= 11 is 0. The third-order valence-corrected chi connectivity index (χ3v) is 3.62. The Hall–Kier alpha value is -3.22. The second-order valence-corrected chi connectivity index (χ2v) is 5.40. The Balaban J connectivity index is 1.83. The van der Waals surface area contributed by atoms with Gasteiger partial charge in [0.25, 0.3) is 0 Å². The molecule has 0 spiro atoms. The number of halogens is 1. The van der Waals surface area contributed by atoms with Gasteiger partial charge >= 0.3 is 0 Å². The van der Waals surface area contributed by atoms with Crippen molar-refractivity contribution in [3.05, 3.63) is 59.9 Å². The average Bonchev–Trinajstić information content (AvgIpc) is 3.06. The summed E-state index contributed by atoms with van der Waals surface area (Å²) in [7, 11) is 1.59. The minimum atomic E-state index is -0.294. The molecule has 0 saturated carbocycles. The molecule has 2 aromatic carbocycles. The number of ether oxygens (including phenoxy) is 1. The van der Waals surface area contributed by atoms with Gasteiger partial charge in [0, 0.05) is 19.0 Å². The fourth-order valence-corrected chi connectivity index (χ4v) is 2.29. The Morgan fingerprint density at radius 1 is 1.16 bits per heavy atom. The number of anilines is 1. The predicted molar refractivity (Wildman–Crippen MR) is 92.0 cm³/mol. The molecule has 3 rings (SSSR count). The molecular weight excluding hydrogens is 323 g/mol. The third-order valence-electron chi connectivity index (χ3n) is 3.62. The summed E-state index contributed by atoms with van der Waals surface area (Å²) < 4.78 is 19.3. The molecular formula is C18H17FN4O2. The minimum absolute atomic E-state index is 0.256. The van der Waals surface area contributed by atoms with E-state index in [1.54, 1.807) is 31.4 Å². The molecule has 0 atom stereocenters. The maximum absolute atomic E-state index is 13.0. The van der Waals surface area contributed by atoms with Crippen LogP contribution in [0, 0.1) is 5.82 Å². The Labute approximate surface area is 144 Å². The number of hydrogen-bond donors (Lipinski definition) is 1. The lowest BCUT2D eigenvalue weighted by molar-refractivity contribution is 0.0923. The predicted octanol–water partition coefficient (Wildman–Crippen LogP) is 3.37. The van der Waals surface area contributed by atoms with Crippen LogP contribution >= 0.6 is 0 Å². The van der Waals surface area contributed by atoms with E-state index >= 15 is 0 Å². The Morgan fingerprint density at radius 3 is 2.44 bits per heavy atom. The van der Waals surface area contributed by atoms with E-state index in [4.69, 9.17) is 4.74 Å². The van der Waals surface area contributed by atoms with Crippen molar-refractivity contribution in [2.75, 3.05) is 12.4 Å². The van der Waals surface area contributed by atoms with Crippen molar-refractivity contribution in [1.82, 2.24) is 14.8 Å². The molecule has 1 aromatic heterocycles. The van der Waals surface area contributed by atoms with Crippen LogP contribution < -0.4 is 10.1 Å². The topological polar surface area (TPSA) is 69.0 Å². The molecule has 0 unspecified atom stereocenters. The zero-order chi connectivity index (χ0) is 17.8. The quantitative estimate of drug-likeness (QED) is 0.771. The highest BCUT2D eigenvalue weighted by Gasteiger charge is 2.14. The summed E-state index contributed by atoms with van der Waals surface area (Å²) in [5, 5.41) is 7.32. The van der Waals surface area contributed by atoms with Gasteiger partial charge in [-0.3, -0.25) is 4.79 Å². The van der Waals surface area contributed by atoms with Gasteiger partial charge in [-0.05, 0) is 42.0 Å². The largest absolute Gasteiger partial charge is 0.497 e. The lowest BCUT2D eigenvalue weighted by Gasteiger charge is -2.05. The minimum Gasteiger partial charge on any atom is -0.497 e. The van der Waals surface area contributed by atoms with Gasteiger partial charge in [-0.25, -0.2) is 4.39 Å². The first-order valence-corrected chi connectivity index (χ1v) is 7.67. The van der Waals surface area contributed by atoms with E-state index in [0.29, 0.717) is 18.3 Å². The molecule has 0 bridgehead atoms. The zero-order valence-corrected chi connectivity index (χ0v) is 13.9. The number of rotatable bonds is 5. The third kappa shape index (κ3) is 3.82. The molecule has 0 fully saturated rings. The van der Waals surface area contributed by atoms with E-state index in [1.165, 1.54) is 23.7 Å². The highest BCUT2D eigenvalue weighted by atomic mass is 19.1. The molecule has 128 valence electrons. The van der Waals surface area contributed by atoms with E-state index in [0.717, 1.165) is 16.9 Å². The van der Waals surface area contributed by atoms with Crippen LogP contribution in [0.3, 0.4) is 0 Å². The van der Waals surface area contributed by atoms with E-state index in [9.17, 15) is 9.18 Å². The fourth-order valence-electron chi connectivity index (χ4n) is 2.29. The number of aromatic nitrogens is 3. The maximum atomic E-state index is 13.0. The molecule has 0 aliphatic heterocycles. The maximum Gasteiger partial charge on any atom is 0.246 e. The number of hydrogen-bond acceptors (Lipinski definition) is 5. The number of carbonyl (C=O) groups excluding carboxylic acids is 1. The fraction of sp³-hybridized carbons (Fsp3) is 0.167. The van der Waals surface area contributed by atoms with Crippen molar-refractivity contribution in [3.63, 3.8) is 0 Å². The number of benzene rings is 2. The molecule has 0 radical (unpaired) electrons. The molecule has 0 saturated heterocycles. The average molecular weight is 340 g/mol. The first-order valence-electron chi connectivity index (χ1n) is 7.67. The normalized spacial score (nSPS) is 10.5.